The van der Waals surface area contributed by atoms with Gasteiger partial charge >= 0.3 is 0 Å². The number of aromatic amines is 1. The first-order valence-corrected chi connectivity index (χ1v) is 9.76. The van der Waals surface area contributed by atoms with E-state index in [2.05, 4.69) is 10.3 Å². The molecule has 3 aromatic rings. The van der Waals surface area contributed by atoms with E-state index in [0.717, 1.165) is 40.1 Å². The number of methoxy groups -OCH3 is 1. The molecule has 0 aliphatic carbocycles. The van der Waals surface area contributed by atoms with Crippen molar-refractivity contribution in [3.8, 4) is 5.75 Å². The number of carbonyl (C=O) groups is 1. The fourth-order valence-corrected chi connectivity index (χ4v) is 3.92. The first-order valence-electron chi connectivity index (χ1n) is 9.76. The Morgan fingerprint density at radius 2 is 2.03 bits per heavy atom. The Balaban J connectivity index is 1.52. The first kappa shape index (κ1) is 19.2. The molecule has 4 rings (SSSR count). The van der Waals surface area contributed by atoms with Crippen LogP contribution in [0.2, 0.25) is 0 Å². The number of fused-ring (bicyclic) bond motifs is 2. The van der Waals surface area contributed by atoms with E-state index in [1.165, 1.54) is 0 Å². The summed E-state index contributed by atoms with van der Waals surface area (Å²) in [5.41, 5.74) is 5.54. The summed E-state index contributed by atoms with van der Waals surface area (Å²) < 4.78 is 5.25. The Bertz CT molecular complexity index is 1150. The molecule has 1 aliphatic heterocycles. The molecule has 0 unspecified atom stereocenters. The zero-order valence-electron chi connectivity index (χ0n) is 17.0. The number of aromatic nitrogens is 1. The van der Waals surface area contributed by atoms with Gasteiger partial charge in [-0.3, -0.25) is 14.5 Å². The summed E-state index contributed by atoms with van der Waals surface area (Å²) in [5, 5.41) is 3.60. The van der Waals surface area contributed by atoms with Gasteiger partial charge in [0.25, 0.3) is 0 Å². The van der Waals surface area contributed by atoms with E-state index in [4.69, 9.17) is 4.74 Å². The van der Waals surface area contributed by atoms with Crippen molar-refractivity contribution in [1.82, 2.24) is 9.88 Å². The molecule has 0 spiro atoms. The Hall–Kier alpha value is -3.12. The molecule has 0 fully saturated rings. The van der Waals surface area contributed by atoms with E-state index in [-0.39, 0.29) is 17.9 Å². The fourth-order valence-electron chi connectivity index (χ4n) is 3.92. The number of nitrogens with one attached hydrogen (secondary N) is 2. The highest BCUT2D eigenvalue weighted by Gasteiger charge is 2.22. The van der Waals surface area contributed by atoms with Crippen LogP contribution < -0.4 is 15.5 Å². The van der Waals surface area contributed by atoms with Gasteiger partial charge in [-0.2, -0.15) is 0 Å². The number of anilines is 1. The van der Waals surface area contributed by atoms with Crippen LogP contribution in [-0.4, -0.2) is 36.0 Å². The normalized spacial score (nSPS) is 13.9. The van der Waals surface area contributed by atoms with Crippen molar-refractivity contribution in [3.05, 3.63) is 69.0 Å². The van der Waals surface area contributed by atoms with Crippen LogP contribution in [0.5, 0.6) is 5.75 Å². The highest BCUT2D eigenvalue weighted by atomic mass is 16.5. The van der Waals surface area contributed by atoms with Crippen molar-refractivity contribution in [3.63, 3.8) is 0 Å². The molecule has 2 N–H and O–H groups in total. The number of pyridine rings is 1. The number of aryl methyl sites for hydroxylation is 2. The Labute approximate surface area is 169 Å². The van der Waals surface area contributed by atoms with Crippen molar-refractivity contribution < 1.29 is 9.53 Å². The molecular weight excluding hydrogens is 366 g/mol. The molecule has 1 aromatic heterocycles. The van der Waals surface area contributed by atoms with Crippen LogP contribution in [0.25, 0.3) is 10.9 Å². The molecule has 1 aliphatic rings. The lowest BCUT2D eigenvalue weighted by molar-refractivity contribution is -0.117. The van der Waals surface area contributed by atoms with E-state index < -0.39 is 0 Å². The molecular formula is C23H25N3O3. The molecule has 29 heavy (non-hydrogen) atoms. The fraction of sp³-hybridized carbons (Fsp3) is 0.304. The number of amides is 1. The largest absolute Gasteiger partial charge is 0.497 e. The molecule has 2 aromatic carbocycles. The SMILES string of the molecule is COc1ccc2[nH]c3c(c(=O)c2c1)CN(CC(=O)Nc1ccc(C)cc1C)CC3. The quantitative estimate of drug-likeness (QED) is 0.717. The predicted molar refractivity (Wildman–Crippen MR) is 115 cm³/mol. The summed E-state index contributed by atoms with van der Waals surface area (Å²) in [6.45, 7) is 5.45. The van der Waals surface area contributed by atoms with E-state index >= 15 is 0 Å². The van der Waals surface area contributed by atoms with E-state index in [9.17, 15) is 9.59 Å². The van der Waals surface area contributed by atoms with Crippen LogP contribution in [0.4, 0.5) is 5.69 Å². The van der Waals surface area contributed by atoms with Gasteiger partial charge in [-0.05, 0) is 43.7 Å². The topological polar surface area (TPSA) is 74.4 Å². The van der Waals surface area contributed by atoms with Crippen LogP contribution in [-0.2, 0) is 17.8 Å². The maximum atomic E-state index is 13.0. The Kier molecular flexibility index (Phi) is 5.11. The van der Waals surface area contributed by atoms with Gasteiger partial charge < -0.3 is 15.0 Å². The van der Waals surface area contributed by atoms with Gasteiger partial charge in [-0.1, -0.05) is 17.7 Å². The molecule has 0 saturated carbocycles. The van der Waals surface area contributed by atoms with Crippen molar-refractivity contribution >= 4 is 22.5 Å². The number of H-pyrrole nitrogens is 1. The molecule has 6 heteroatoms. The predicted octanol–water partition coefficient (Wildman–Crippen LogP) is 3.15. The molecule has 0 radical (unpaired) electrons. The third-order valence-corrected chi connectivity index (χ3v) is 5.48. The summed E-state index contributed by atoms with van der Waals surface area (Å²) in [6, 6.07) is 11.4. The highest BCUT2D eigenvalue weighted by molar-refractivity contribution is 5.93. The summed E-state index contributed by atoms with van der Waals surface area (Å²) in [4.78, 5) is 31.0. The smallest absolute Gasteiger partial charge is 0.238 e. The number of hydrogen-bond acceptors (Lipinski definition) is 4. The Morgan fingerprint density at radius 1 is 1.21 bits per heavy atom. The Morgan fingerprint density at radius 3 is 2.79 bits per heavy atom. The summed E-state index contributed by atoms with van der Waals surface area (Å²) in [6.07, 6.45) is 0.712. The number of carbonyl (C=O) groups excluding carboxylic acids is 1. The second kappa shape index (κ2) is 7.72. The van der Waals surface area contributed by atoms with Gasteiger partial charge in [0.2, 0.25) is 5.91 Å². The van der Waals surface area contributed by atoms with E-state index in [0.29, 0.717) is 24.1 Å². The van der Waals surface area contributed by atoms with Gasteiger partial charge in [0.05, 0.1) is 13.7 Å². The van der Waals surface area contributed by atoms with Gasteiger partial charge in [0, 0.05) is 47.4 Å². The maximum absolute atomic E-state index is 13.0. The second-order valence-corrected chi connectivity index (χ2v) is 7.65. The van der Waals surface area contributed by atoms with Crippen LogP contribution in [0, 0.1) is 13.8 Å². The first-order chi connectivity index (χ1) is 13.9. The number of hydrogen-bond donors (Lipinski definition) is 2. The van der Waals surface area contributed by atoms with Crippen LogP contribution >= 0.6 is 0 Å². The minimum absolute atomic E-state index is 0.00661. The number of rotatable bonds is 4. The molecule has 0 saturated heterocycles. The van der Waals surface area contributed by atoms with Crippen molar-refractivity contribution in [2.75, 3.05) is 25.5 Å². The zero-order chi connectivity index (χ0) is 20.5. The van der Waals surface area contributed by atoms with E-state index in [1.807, 2.05) is 49.1 Å². The van der Waals surface area contributed by atoms with E-state index in [1.54, 1.807) is 13.2 Å². The van der Waals surface area contributed by atoms with Gasteiger partial charge in [0.1, 0.15) is 5.75 Å². The molecule has 150 valence electrons. The lowest BCUT2D eigenvalue weighted by atomic mass is 10.0. The number of ether oxygens (including phenoxy) is 1. The third kappa shape index (κ3) is 3.89. The lowest BCUT2D eigenvalue weighted by Gasteiger charge is -2.28. The van der Waals surface area contributed by atoms with Gasteiger partial charge in [-0.25, -0.2) is 0 Å². The molecule has 1 amide bonds. The third-order valence-electron chi connectivity index (χ3n) is 5.48. The maximum Gasteiger partial charge on any atom is 0.238 e. The van der Waals surface area contributed by atoms with Crippen LogP contribution in [0.15, 0.2) is 41.2 Å². The molecule has 0 atom stereocenters. The molecule has 2 heterocycles. The minimum atomic E-state index is -0.0701. The average molecular weight is 391 g/mol. The number of nitrogens with zero attached hydrogens (tertiary/aromatic N) is 1. The average Bonchev–Trinajstić information content (AvgIpc) is 2.70. The van der Waals surface area contributed by atoms with Crippen LogP contribution in [0.1, 0.15) is 22.4 Å². The molecule has 0 bridgehead atoms. The summed E-state index contributed by atoms with van der Waals surface area (Å²) in [7, 11) is 1.59. The summed E-state index contributed by atoms with van der Waals surface area (Å²) in [5.74, 6) is 0.586. The second-order valence-electron chi connectivity index (χ2n) is 7.65. The van der Waals surface area contributed by atoms with Crippen LogP contribution in [0.3, 0.4) is 0 Å². The van der Waals surface area contributed by atoms with Crippen molar-refractivity contribution in [1.29, 1.82) is 0 Å². The van der Waals surface area contributed by atoms with Crippen molar-refractivity contribution in [2.24, 2.45) is 0 Å². The van der Waals surface area contributed by atoms with Gasteiger partial charge in [-0.15, -0.1) is 0 Å². The van der Waals surface area contributed by atoms with Crippen molar-refractivity contribution in [2.45, 2.75) is 26.8 Å². The minimum Gasteiger partial charge on any atom is -0.497 e. The summed E-state index contributed by atoms with van der Waals surface area (Å²) >= 11 is 0. The lowest BCUT2D eigenvalue weighted by Crippen LogP contribution is -2.39. The molecule has 6 nitrogen and oxygen atoms in total. The van der Waals surface area contributed by atoms with Gasteiger partial charge in [0.15, 0.2) is 5.43 Å². The standard InChI is InChI=1S/C23H25N3O3/c1-14-4-6-19(15(2)10-14)25-22(27)13-26-9-8-21-18(12-26)23(28)17-11-16(29-3)5-7-20(17)24-21/h4-7,10-11H,8-9,12-13H2,1-3H3,(H,24,28)(H,25,27). The zero-order valence-corrected chi connectivity index (χ0v) is 17.0. The number of benzene rings is 2. The highest BCUT2D eigenvalue weighted by Crippen LogP contribution is 2.22. The monoisotopic (exact) mass is 391 g/mol.